The van der Waals surface area contributed by atoms with Crippen molar-refractivity contribution in [3.8, 4) is 0 Å². The molecule has 1 saturated heterocycles. The van der Waals surface area contributed by atoms with Crippen LogP contribution in [0.4, 0.5) is 4.39 Å². The van der Waals surface area contributed by atoms with Gasteiger partial charge in [0.05, 0.1) is 0 Å². The first-order chi connectivity index (χ1) is 8.56. The van der Waals surface area contributed by atoms with Gasteiger partial charge < -0.3 is 10.6 Å². The summed E-state index contributed by atoms with van der Waals surface area (Å²) in [5.41, 5.74) is 1.60. The van der Waals surface area contributed by atoms with Gasteiger partial charge in [-0.15, -0.1) is 0 Å². The Morgan fingerprint density at radius 3 is 2.89 bits per heavy atom. The Morgan fingerprint density at radius 1 is 1.50 bits per heavy atom. The van der Waals surface area contributed by atoms with Crippen molar-refractivity contribution in [1.82, 2.24) is 10.6 Å². The lowest BCUT2D eigenvalue weighted by molar-refractivity contribution is -0.122. The largest absolute Gasteiger partial charge is 0.355 e. The monoisotopic (exact) mass is 250 g/mol. The third-order valence-corrected chi connectivity index (χ3v) is 3.45. The van der Waals surface area contributed by atoms with Crippen molar-refractivity contribution in [3.63, 3.8) is 0 Å². The number of rotatable bonds is 3. The standard InChI is InChI=1S/C14H19FN2O/c1-9-3-4-11(7-13(9)15)10(2)17-12-5-6-14(18)16-8-12/h3-4,7,10,12,17H,5-6,8H2,1-2H3,(H,16,18). The van der Waals surface area contributed by atoms with E-state index < -0.39 is 0 Å². The Hall–Kier alpha value is -1.42. The first kappa shape index (κ1) is 13.0. The fraction of sp³-hybridized carbons (Fsp3) is 0.500. The van der Waals surface area contributed by atoms with Crippen LogP contribution >= 0.6 is 0 Å². The van der Waals surface area contributed by atoms with Gasteiger partial charge in [0, 0.05) is 25.0 Å². The van der Waals surface area contributed by atoms with Gasteiger partial charge >= 0.3 is 0 Å². The molecular weight excluding hydrogens is 231 g/mol. The second-order valence-electron chi connectivity index (χ2n) is 4.94. The fourth-order valence-corrected chi connectivity index (χ4v) is 2.20. The summed E-state index contributed by atoms with van der Waals surface area (Å²) in [6.07, 6.45) is 1.40. The minimum atomic E-state index is -0.168. The summed E-state index contributed by atoms with van der Waals surface area (Å²) < 4.78 is 13.5. The fourth-order valence-electron chi connectivity index (χ4n) is 2.20. The van der Waals surface area contributed by atoms with Crippen molar-refractivity contribution in [2.24, 2.45) is 0 Å². The van der Waals surface area contributed by atoms with Crippen LogP contribution in [0.1, 0.15) is 36.9 Å². The van der Waals surface area contributed by atoms with E-state index in [0.29, 0.717) is 18.5 Å². The predicted molar refractivity (Wildman–Crippen MR) is 68.7 cm³/mol. The smallest absolute Gasteiger partial charge is 0.220 e. The Morgan fingerprint density at radius 2 is 2.28 bits per heavy atom. The SMILES string of the molecule is Cc1ccc(C(C)NC2CCC(=O)NC2)cc1F. The van der Waals surface area contributed by atoms with Gasteiger partial charge in [-0.2, -0.15) is 0 Å². The summed E-state index contributed by atoms with van der Waals surface area (Å²) in [5.74, 6) is -0.0554. The lowest BCUT2D eigenvalue weighted by Crippen LogP contribution is -2.46. The molecule has 2 unspecified atom stereocenters. The molecule has 0 saturated carbocycles. The molecule has 0 bridgehead atoms. The van der Waals surface area contributed by atoms with Gasteiger partial charge in [0.1, 0.15) is 5.82 Å². The van der Waals surface area contributed by atoms with E-state index in [-0.39, 0.29) is 23.8 Å². The van der Waals surface area contributed by atoms with Crippen molar-refractivity contribution in [3.05, 3.63) is 35.1 Å². The molecule has 1 amide bonds. The van der Waals surface area contributed by atoms with Gasteiger partial charge in [0.15, 0.2) is 0 Å². The highest BCUT2D eigenvalue weighted by molar-refractivity contribution is 5.76. The van der Waals surface area contributed by atoms with E-state index in [1.54, 1.807) is 19.1 Å². The topological polar surface area (TPSA) is 41.1 Å². The molecule has 4 heteroatoms. The van der Waals surface area contributed by atoms with Crippen molar-refractivity contribution in [1.29, 1.82) is 0 Å². The second-order valence-corrected chi connectivity index (χ2v) is 4.94. The van der Waals surface area contributed by atoms with Crippen LogP contribution in [0, 0.1) is 12.7 Å². The number of hydrogen-bond donors (Lipinski definition) is 2. The van der Waals surface area contributed by atoms with Crippen LogP contribution in [0.25, 0.3) is 0 Å². The van der Waals surface area contributed by atoms with Gasteiger partial charge in [-0.1, -0.05) is 12.1 Å². The highest BCUT2D eigenvalue weighted by Crippen LogP contribution is 2.18. The molecule has 1 aromatic carbocycles. The number of amides is 1. The maximum absolute atomic E-state index is 13.5. The number of benzene rings is 1. The van der Waals surface area contributed by atoms with Crippen LogP contribution in [0.5, 0.6) is 0 Å². The molecule has 0 aliphatic carbocycles. The van der Waals surface area contributed by atoms with Crippen LogP contribution in [0.3, 0.4) is 0 Å². The summed E-state index contributed by atoms with van der Waals surface area (Å²) in [6, 6.07) is 5.67. The van der Waals surface area contributed by atoms with Crippen molar-refractivity contribution in [2.45, 2.75) is 38.8 Å². The molecule has 1 fully saturated rings. The van der Waals surface area contributed by atoms with Gasteiger partial charge in [-0.25, -0.2) is 4.39 Å². The Labute approximate surface area is 107 Å². The molecule has 1 heterocycles. The molecule has 0 spiro atoms. The lowest BCUT2D eigenvalue weighted by Gasteiger charge is -2.27. The minimum Gasteiger partial charge on any atom is -0.355 e. The number of aryl methyl sites for hydroxylation is 1. The van der Waals surface area contributed by atoms with E-state index in [1.807, 2.05) is 13.0 Å². The zero-order valence-corrected chi connectivity index (χ0v) is 10.8. The van der Waals surface area contributed by atoms with Gasteiger partial charge in [0.2, 0.25) is 5.91 Å². The third-order valence-electron chi connectivity index (χ3n) is 3.45. The number of piperidine rings is 1. The van der Waals surface area contributed by atoms with Crippen LogP contribution < -0.4 is 10.6 Å². The molecular formula is C14H19FN2O. The average molecular weight is 250 g/mol. The number of halogens is 1. The molecule has 1 aliphatic rings. The molecule has 98 valence electrons. The molecule has 1 aromatic rings. The zero-order valence-electron chi connectivity index (χ0n) is 10.8. The van der Waals surface area contributed by atoms with E-state index in [1.165, 1.54) is 0 Å². The maximum atomic E-state index is 13.5. The van der Waals surface area contributed by atoms with Crippen molar-refractivity contribution < 1.29 is 9.18 Å². The number of carbonyl (C=O) groups is 1. The summed E-state index contributed by atoms with van der Waals surface area (Å²) in [6.45, 7) is 4.42. The Balaban J connectivity index is 1.96. The third kappa shape index (κ3) is 3.07. The molecule has 18 heavy (non-hydrogen) atoms. The maximum Gasteiger partial charge on any atom is 0.220 e. The summed E-state index contributed by atoms with van der Waals surface area (Å²) in [5, 5.41) is 6.25. The summed E-state index contributed by atoms with van der Waals surface area (Å²) >= 11 is 0. The van der Waals surface area contributed by atoms with Crippen LogP contribution in [-0.2, 0) is 4.79 Å². The molecule has 3 nitrogen and oxygen atoms in total. The minimum absolute atomic E-state index is 0.0834. The van der Waals surface area contributed by atoms with E-state index >= 15 is 0 Å². The molecule has 0 aromatic heterocycles. The average Bonchev–Trinajstić information content (AvgIpc) is 2.35. The molecule has 2 rings (SSSR count). The predicted octanol–water partition coefficient (Wildman–Crippen LogP) is 2.06. The molecule has 1 aliphatic heterocycles. The highest BCUT2D eigenvalue weighted by atomic mass is 19.1. The van der Waals surface area contributed by atoms with Crippen LogP contribution in [0.2, 0.25) is 0 Å². The highest BCUT2D eigenvalue weighted by Gasteiger charge is 2.20. The molecule has 2 atom stereocenters. The van der Waals surface area contributed by atoms with E-state index in [2.05, 4.69) is 10.6 Å². The Kier molecular flexibility index (Phi) is 3.97. The zero-order chi connectivity index (χ0) is 13.1. The second kappa shape index (κ2) is 5.48. The first-order valence-electron chi connectivity index (χ1n) is 6.35. The quantitative estimate of drug-likeness (QED) is 0.862. The van der Waals surface area contributed by atoms with Crippen molar-refractivity contribution >= 4 is 5.91 Å². The van der Waals surface area contributed by atoms with Crippen LogP contribution in [0.15, 0.2) is 18.2 Å². The summed E-state index contributed by atoms with van der Waals surface area (Å²) in [4.78, 5) is 11.1. The van der Waals surface area contributed by atoms with Gasteiger partial charge in [-0.3, -0.25) is 4.79 Å². The normalized spacial score (nSPS) is 21.5. The lowest BCUT2D eigenvalue weighted by atomic mass is 10.0. The Bertz CT molecular complexity index is 437. The number of nitrogens with one attached hydrogen (secondary N) is 2. The van der Waals surface area contributed by atoms with E-state index in [0.717, 1.165) is 12.0 Å². The van der Waals surface area contributed by atoms with Crippen molar-refractivity contribution in [2.75, 3.05) is 6.54 Å². The van der Waals surface area contributed by atoms with Gasteiger partial charge in [-0.05, 0) is 37.5 Å². The van der Waals surface area contributed by atoms with Gasteiger partial charge in [0.25, 0.3) is 0 Å². The van der Waals surface area contributed by atoms with E-state index in [9.17, 15) is 9.18 Å². The van der Waals surface area contributed by atoms with Crippen LogP contribution in [-0.4, -0.2) is 18.5 Å². The first-order valence-corrected chi connectivity index (χ1v) is 6.35. The molecule has 0 radical (unpaired) electrons. The summed E-state index contributed by atoms with van der Waals surface area (Å²) in [7, 11) is 0. The molecule has 2 N–H and O–H groups in total. The van der Waals surface area contributed by atoms with E-state index in [4.69, 9.17) is 0 Å². The number of carbonyl (C=O) groups excluding carboxylic acids is 1. The number of hydrogen-bond acceptors (Lipinski definition) is 2.